The van der Waals surface area contributed by atoms with E-state index in [1.165, 1.54) is 9.75 Å². The monoisotopic (exact) mass is 324 g/mol. The molecule has 2 rings (SSSR count). The van der Waals surface area contributed by atoms with Crippen molar-refractivity contribution in [1.82, 2.24) is 10.3 Å². The van der Waals surface area contributed by atoms with Gasteiger partial charge in [0.05, 0.1) is 11.2 Å². The normalized spacial score (nSPS) is 12.3. The van der Waals surface area contributed by atoms with Crippen molar-refractivity contribution in [2.75, 3.05) is 13.2 Å². The number of aliphatic hydroxyl groups excluding tert-OH is 1. The Labute approximate surface area is 132 Å². The third-order valence-corrected chi connectivity index (χ3v) is 5.23. The topological polar surface area (TPSA) is 62.2 Å². The van der Waals surface area contributed by atoms with E-state index in [2.05, 4.69) is 16.4 Å². The number of thiophene rings is 1. The van der Waals surface area contributed by atoms with Crippen molar-refractivity contribution in [3.63, 3.8) is 0 Å². The van der Waals surface area contributed by atoms with Crippen molar-refractivity contribution in [1.29, 1.82) is 0 Å². The largest absolute Gasteiger partial charge is 0.396 e. The van der Waals surface area contributed by atoms with Crippen LogP contribution in [-0.2, 0) is 17.6 Å². The van der Waals surface area contributed by atoms with Crippen LogP contribution < -0.4 is 5.32 Å². The van der Waals surface area contributed by atoms with E-state index in [4.69, 9.17) is 0 Å². The smallest absolute Gasteiger partial charge is 0.220 e. The van der Waals surface area contributed by atoms with Gasteiger partial charge in [0.15, 0.2) is 0 Å². The van der Waals surface area contributed by atoms with Crippen LogP contribution in [0, 0.1) is 12.8 Å². The third-order valence-electron chi connectivity index (χ3n) is 3.34. The molecule has 0 aliphatic rings. The van der Waals surface area contributed by atoms with Crippen molar-refractivity contribution in [2.24, 2.45) is 5.92 Å². The minimum absolute atomic E-state index is 0.0347. The molecule has 2 heterocycles. The number of nitrogens with zero attached hydrogens (tertiary/aromatic N) is 1. The summed E-state index contributed by atoms with van der Waals surface area (Å²) < 4.78 is 0. The van der Waals surface area contributed by atoms with Crippen LogP contribution in [-0.4, -0.2) is 29.1 Å². The predicted octanol–water partition coefficient (Wildman–Crippen LogP) is 2.41. The van der Waals surface area contributed by atoms with Gasteiger partial charge in [-0.15, -0.1) is 22.7 Å². The quantitative estimate of drug-likeness (QED) is 0.784. The second-order valence-electron chi connectivity index (χ2n) is 5.00. The zero-order chi connectivity index (χ0) is 15.1. The molecule has 1 atom stereocenters. The maximum atomic E-state index is 11.9. The van der Waals surface area contributed by atoms with E-state index in [1.54, 1.807) is 22.7 Å². The number of amides is 1. The number of hydrogen-bond acceptors (Lipinski definition) is 5. The summed E-state index contributed by atoms with van der Waals surface area (Å²) in [5, 5.41) is 14.3. The highest BCUT2D eigenvalue weighted by Crippen LogP contribution is 2.15. The summed E-state index contributed by atoms with van der Waals surface area (Å²) in [6.07, 6.45) is 2.01. The number of aryl methyl sites for hydroxylation is 2. The van der Waals surface area contributed by atoms with Crippen LogP contribution in [0.2, 0.25) is 0 Å². The summed E-state index contributed by atoms with van der Waals surface area (Å²) in [6.45, 7) is 2.58. The second kappa shape index (κ2) is 8.26. The molecule has 21 heavy (non-hydrogen) atoms. The number of aromatic nitrogens is 1. The lowest BCUT2D eigenvalue weighted by Crippen LogP contribution is -2.31. The fraction of sp³-hybridized carbons (Fsp3) is 0.467. The molecule has 0 spiro atoms. The number of nitrogens with one attached hydrogen (secondary N) is 1. The molecule has 0 unspecified atom stereocenters. The Balaban J connectivity index is 1.71. The summed E-state index contributed by atoms with van der Waals surface area (Å²) in [5.41, 5.74) is 2.82. The van der Waals surface area contributed by atoms with Gasteiger partial charge in [0.1, 0.15) is 0 Å². The Kier molecular flexibility index (Phi) is 6.35. The first-order chi connectivity index (χ1) is 10.2. The van der Waals surface area contributed by atoms with Crippen LogP contribution >= 0.6 is 22.7 Å². The van der Waals surface area contributed by atoms with Crippen LogP contribution in [0.15, 0.2) is 23.0 Å². The second-order valence-corrected chi connectivity index (χ2v) is 6.97. The molecule has 2 aromatic rings. The average Bonchev–Trinajstić information content (AvgIpc) is 3.12. The number of carbonyl (C=O) groups excluding carboxylic acids is 1. The van der Waals surface area contributed by atoms with Gasteiger partial charge in [0.25, 0.3) is 0 Å². The van der Waals surface area contributed by atoms with Crippen LogP contribution in [0.3, 0.4) is 0 Å². The molecule has 0 radical (unpaired) electrons. The molecule has 0 saturated heterocycles. The minimum atomic E-state index is 0.0347. The predicted molar refractivity (Wildman–Crippen MR) is 86.8 cm³/mol. The summed E-state index contributed by atoms with van der Waals surface area (Å²) in [4.78, 5) is 18.5. The summed E-state index contributed by atoms with van der Waals surface area (Å²) in [7, 11) is 0. The third kappa shape index (κ3) is 5.22. The van der Waals surface area contributed by atoms with E-state index in [-0.39, 0.29) is 18.4 Å². The van der Waals surface area contributed by atoms with Crippen molar-refractivity contribution in [2.45, 2.75) is 26.2 Å². The highest BCUT2D eigenvalue weighted by molar-refractivity contribution is 7.10. The zero-order valence-corrected chi connectivity index (χ0v) is 13.7. The Morgan fingerprint density at radius 1 is 1.48 bits per heavy atom. The number of carbonyl (C=O) groups is 1. The first kappa shape index (κ1) is 16.1. The molecular formula is C15H20N2O2S2. The number of rotatable bonds is 8. The first-order valence-electron chi connectivity index (χ1n) is 6.98. The van der Waals surface area contributed by atoms with Crippen LogP contribution in [0.1, 0.15) is 21.9 Å². The van der Waals surface area contributed by atoms with Crippen molar-refractivity contribution in [3.8, 4) is 0 Å². The van der Waals surface area contributed by atoms with Crippen molar-refractivity contribution >= 4 is 28.6 Å². The molecule has 0 aliphatic heterocycles. The Bertz CT molecular complexity index is 552. The van der Waals surface area contributed by atoms with E-state index >= 15 is 0 Å². The molecule has 114 valence electrons. The maximum absolute atomic E-state index is 11.9. The Morgan fingerprint density at radius 2 is 2.33 bits per heavy atom. The van der Waals surface area contributed by atoms with Gasteiger partial charge in [0, 0.05) is 35.2 Å². The Morgan fingerprint density at radius 3 is 2.95 bits per heavy atom. The first-order valence-corrected chi connectivity index (χ1v) is 8.74. The average molecular weight is 324 g/mol. The van der Waals surface area contributed by atoms with Crippen molar-refractivity contribution in [3.05, 3.63) is 38.5 Å². The van der Waals surface area contributed by atoms with E-state index in [9.17, 15) is 9.90 Å². The Hall–Kier alpha value is -1.24. The molecule has 2 N–H and O–H groups in total. The number of aliphatic hydroxyl groups is 1. The van der Waals surface area contributed by atoms with Gasteiger partial charge in [-0.25, -0.2) is 4.98 Å². The van der Waals surface area contributed by atoms with Gasteiger partial charge in [-0.1, -0.05) is 6.07 Å². The van der Waals surface area contributed by atoms with Crippen LogP contribution in [0.5, 0.6) is 0 Å². The highest BCUT2D eigenvalue weighted by Gasteiger charge is 2.12. The summed E-state index contributed by atoms with van der Waals surface area (Å²) >= 11 is 3.28. The van der Waals surface area contributed by atoms with Gasteiger partial charge >= 0.3 is 0 Å². The van der Waals surface area contributed by atoms with Gasteiger partial charge in [0.2, 0.25) is 5.91 Å². The molecular weight excluding hydrogens is 304 g/mol. The molecule has 1 amide bonds. The van der Waals surface area contributed by atoms with E-state index in [1.807, 2.05) is 23.9 Å². The molecule has 2 aromatic heterocycles. The van der Waals surface area contributed by atoms with E-state index < -0.39 is 0 Å². The molecule has 0 fully saturated rings. The van der Waals surface area contributed by atoms with E-state index in [0.29, 0.717) is 13.0 Å². The SMILES string of the molecule is Cc1ncsc1CCC(=O)NC[C@@H](CO)Cc1cccs1. The molecule has 0 bridgehead atoms. The molecule has 0 aliphatic carbocycles. The maximum Gasteiger partial charge on any atom is 0.220 e. The fourth-order valence-corrected chi connectivity index (χ4v) is 3.66. The summed E-state index contributed by atoms with van der Waals surface area (Å²) in [6, 6.07) is 4.06. The highest BCUT2D eigenvalue weighted by atomic mass is 32.1. The molecule has 0 aromatic carbocycles. The van der Waals surface area contributed by atoms with Gasteiger partial charge in [-0.2, -0.15) is 0 Å². The van der Waals surface area contributed by atoms with Gasteiger partial charge < -0.3 is 10.4 Å². The number of thiazole rings is 1. The van der Waals surface area contributed by atoms with Gasteiger partial charge in [-0.3, -0.25) is 4.79 Å². The lowest BCUT2D eigenvalue weighted by atomic mass is 10.1. The summed E-state index contributed by atoms with van der Waals surface area (Å²) in [5.74, 6) is 0.116. The lowest BCUT2D eigenvalue weighted by Gasteiger charge is -2.14. The fourth-order valence-electron chi connectivity index (χ4n) is 2.05. The van der Waals surface area contributed by atoms with Gasteiger partial charge in [-0.05, 0) is 31.2 Å². The van der Waals surface area contributed by atoms with Crippen LogP contribution in [0.25, 0.3) is 0 Å². The van der Waals surface area contributed by atoms with Crippen LogP contribution in [0.4, 0.5) is 0 Å². The van der Waals surface area contributed by atoms with Crippen molar-refractivity contribution < 1.29 is 9.90 Å². The molecule has 6 heteroatoms. The lowest BCUT2D eigenvalue weighted by molar-refractivity contribution is -0.121. The molecule has 0 saturated carbocycles. The number of hydrogen-bond donors (Lipinski definition) is 2. The van der Waals surface area contributed by atoms with E-state index in [0.717, 1.165) is 18.5 Å². The zero-order valence-electron chi connectivity index (χ0n) is 12.0. The standard InChI is InChI=1S/C15H20N2O2S2/c1-11-14(21-10-17-11)4-5-15(19)16-8-12(9-18)7-13-3-2-6-20-13/h2-3,6,10,12,18H,4-5,7-9H2,1H3,(H,16,19)/t12-/m0/s1. The molecule has 4 nitrogen and oxygen atoms in total. The minimum Gasteiger partial charge on any atom is -0.396 e.